The van der Waals surface area contributed by atoms with E-state index in [1.54, 1.807) is 24.1 Å². The van der Waals surface area contributed by atoms with E-state index in [0.717, 1.165) is 18.9 Å². The van der Waals surface area contributed by atoms with Gasteiger partial charge in [-0.1, -0.05) is 12.1 Å². The highest BCUT2D eigenvalue weighted by atomic mass is 16.5. The lowest BCUT2D eigenvalue weighted by Crippen LogP contribution is -2.50. The van der Waals surface area contributed by atoms with Gasteiger partial charge < -0.3 is 14.4 Å². The second-order valence-electron chi connectivity index (χ2n) is 5.20. The SMILES string of the molecule is CCN1CCN(C(=O)c2cc(C)no2)CC1c1ncc[nH]1. The predicted molar refractivity (Wildman–Crippen MR) is 75.7 cm³/mol. The molecule has 1 aliphatic heterocycles. The van der Waals surface area contributed by atoms with Crippen LogP contribution in [-0.4, -0.2) is 57.0 Å². The highest BCUT2D eigenvalue weighted by Gasteiger charge is 2.32. The van der Waals surface area contributed by atoms with Crippen molar-refractivity contribution in [1.29, 1.82) is 0 Å². The number of nitrogens with zero attached hydrogens (tertiary/aromatic N) is 4. The van der Waals surface area contributed by atoms with Crippen molar-refractivity contribution in [2.75, 3.05) is 26.2 Å². The van der Waals surface area contributed by atoms with Crippen molar-refractivity contribution in [3.05, 3.63) is 35.7 Å². The fourth-order valence-corrected chi connectivity index (χ4v) is 2.72. The minimum Gasteiger partial charge on any atom is -0.351 e. The maximum atomic E-state index is 12.5. The van der Waals surface area contributed by atoms with Crippen LogP contribution in [0.4, 0.5) is 0 Å². The highest BCUT2D eigenvalue weighted by Crippen LogP contribution is 2.23. The van der Waals surface area contributed by atoms with Crippen molar-refractivity contribution >= 4 is 5.91 Å². The Kier molecular flexibility index (Phi) is 3.74. The molecule has 2 aromatic heterocycles. The third kappa shape index (κ3) is 2.69. The Labute approximate surface area is 122 Å². The molecule has 0 bridgehead atoms. The summed E-state index contributed by atoms with van der Waals surface area (Å²) in [5.41, 5.74) is 0.716. The van der Waals surface area contributed by atoms with Crippen molar-refractivity contribution < 1.29 is 9.32 Å². The van der Waals surface area contributed by atoms with Gasteiger partial charge in [-0.05, 0) is 13.5 Å². The summed E-state index contributed by atoms with van der Waals surface area (Å²) in [5, 5.41) is 3.78. The van der Waals surface area contributed by atoms with E-state index >= 15 is 0 Å². The van der Waals surface area contributed by atoms with Gasteiger partial charge in [0.1, 0.15) is 5.82 Å². The smallest absolute Gasteiger partial charge is 0.292 e. The standard InChI is InChI=1S/C14H19N5O2/c1-3-18-6-7-19(9-11(18)13-15-4-5-16-13)14(20)12-8-10(2)17-21-12/h4-5,8,11H,3,6-7,9H2,1-2H3,(H,15,16). The monoisotopic (exact) mass is 289 g/mol. The van der Waals surface area contributed by atoms with Gasteiger partial charge in [-0.3, -0.25) is 9.69 Å². The lowest BCUT2D eigenvalue weighted by atomic mass is 10.1. The molecular weight excluding hydrogens is 270 g/mol. The zero-order chi connectivity index (χ0) is 14.8. The molecule has 1 fully saturated rings. The molecule has 2 aromatic rings. The van der Waals surface area contributed by atoms with E-state index in [1.807, 2.05) is 6.20 Å². The largest absolute Gasteiger partial charge is 0.351 e. The van der Waals surface area contributed by atoms with Gasteiger partial charge in [0.15, 0.2) is 0 Å². The summed E-state index contributed by atoms with van der Waals surface area (Å²) in [5.74, 6) is 1.08. The molecule has 0 aromatic carbocycles. The molecule has 0 aliphatic carbocycles. The number of likely N-dealkylation sites (N-methyl/N-ethyl adjacent to an activating group) is 1. The van der Waals surface area contributed by atoms with Gasteiger partial charge in [0.25, 0.3) is 5.91 Å². The van der Waals surface area contributed by atoms with Gasteiger partial charge in [-0.2, -0.15) is 0 Å². The number of carbonyl (C=O) groups is 1. The first-order chi connectivity index (χ1) is 10.2. The maximum absolute atomic E-state index is 12.5. The minimum absolute atomic E-state index is 0.0896. The van der Waals surface area contributed by atoms with Gasteiger partial charge in [0.05, 0.1) is 11.7 Å². The van der Waals surface area contributed by atoms with Crippen LogP contribution in [0.2, 0.25) is 0 Å². The van der Waals surface area contributed by atoms with Crippen LogP contribution >= 0.6 is 0 Å². The molecule has 7 nitrogen and oxygen atoms in total. The summed E-state index contributed by atoms with van der Waals surface area (Å²) >= 11 is 0. The number of imidazole rings is 1. The zero-order valence-electron chi connectivity index (χ0n) is 12.2. The molecule has 0 spiro atoms. The number of aromatic amines is 1. The van der Waals surface area contributed by atoms with E-state index in [-0.39, 0.29) is 11.9 Å². The number of aromatic nitrogens is 3. The number of rotatable bonds is 3. The Balaban J connectivity index is 1.78. The second kappa shape index (κ2) is 5.69. The molecular formula is C14H19N5O2. The van der Waals surface area contributed by atoms with Crippen LogP contribution in [0.1, 0.15) is 35.0 Å². The van der Waals surface area contributed by atoms with Crippen LogP contribution in [0.25, 0.3) is 0 Å². The van der Waals surface area contributed by atoms with E-state index in [9.17, 15) is 4.79 Å². The summed E-state index contributed by atoms with van der Waals surface area (Å²) in [7, 11) is 0. The molecule has 21 heavy (non-hydrogen) atoms. The third-order valence-electron chi connectivity index (χ3n) is 3.86. The molecule has 7 heteroatoms. The van der Waals surface area contributed by atoms with Gasteiger partial charge >= 0.3 is 0 Å². The summed E-state index contributed by atoms with van der Waals surface area (Å²) in [6.07, 6.45) is 3.55. The first kappa shape index (κ1) is 13.8. The molecule has 1 N–H and O–H groups in total. The average molecular weight is 289 g/mol. The number of carbonyl (C=O) groups excluding carboxylic acids is 1. The van der Waals surface area contributed by atoms with Crippen molar-refractivity contribution in [3.8, 4) is 0 Å². The molecule has 0 saturated carbocycles. The Morgan fingerprint density at radius 3 is 3.00 bits per heavy atom. The quantitative estimate of drug-likeness (QED) is 0.919. The number of hydrogen-bond donors (Lipinski definition) is 1. The summed E-state index contributed by atoms with van der Waals surface area (Å²) in [6.45, 7) is 6.95. The van der Waals surface area contributed by atoms with Gasteiger partial charge in [-0.15, -0.1) is 0 Å². The molecule has 1 aliphatic rings. The molecule has 1 unspecified atom stereocenters. The molecule has 112 valence electrons. The molecule has 1 saturated heterocycles. The number of amides is 1. The molecule has 3 rings (SSSR count). The Hall–Kier alpha value is -2.15. The van der Waals surface area contributed by atoms with Gasteiger partial charge in [0, 0.05) is 38.1 Å². The van der Waals surface area contributed by atoms with E-state index < -0.39 is 0 Å². The van der Waals surface area contributed by atoms with Crippen LogP contribution in [0.3, 0.4) is 0 Å². The lowest BCUT2D eigenvalue weighted by Gasteiger charge is -2.39. The predicted octanol–water partition coefficient (Wildman–Crippen LogP) is 1.23. The van der Waals surface area contributed by atoms with Gasteiger partial charge in [-0.25, -0.2) is 4.98 Å². The number of piperazine rings is 1. The van der Waals surface area contributed by atoms with E-state index in [1.165, 1.54) is 0 Å². The average Bonchev–Trinajstić information content (AvgIpc) is 3.17. The topological polar surface area (TPSA) is 78.3 Å². The van der Waals surface area contributed by atoms with Crippen LogP contribution in [0, 0.1) is 6.92 Å². The fraction of sp³-hybridized carbons (Fsp3) is 0.500. The number of aryl methyl sites for hydroxylation is 1. The van der Waals surface area contributed by atoms with Crippen molar-refractivity contribution in [2.45, 2.75) is 19.9 Å². The Bertz CT molecular complexity index is 607. The molecule has 1 amide bonds. The maximum Gasteiger partial charge on any atom is 0.292 e. The lowest BCUT2D eigenvalue weighted by molar-refractivity contribution is 0.0445. The van der Waals surface area contributed by atoms with Crippen molar-refractivity contribution in [1.82, 2.24) is 24.9 Å². The molecule has 0 radical (unpaired) electrons. The number of nitrogens with one attached hydrogen (secondary N) is 1. The Morgan fingerprint density at radius 1 is 1.52 bits per heavy atom. The van der Waals surface area contributed by atoms with E-state index in [4.69, 9.17) is 4.52 Å². The summed E-state index contributed by atoms with van der Waals surface area (Å²) in [4.78, 5) is 24.1. The number of hydrogen-bond acceptors (Lipinski definition) is 5. The summed E-state index contributed by atoms with van der Waals surface area (Å²) < 4.78 is 5.08. The third-order valence-corrected chi connectivity index (χ3v) is 3.86. The number of H-pyrrole nitrogens is 1. The van der Waals surface area contributed by atoms with Crippen LogP contribution in [-0.2, 0) is 0 Å². The molecule has 1 atom stereocenters. The Morgan fingerprint density at radius 2 is 2.38 bits per heavy atom. The van der Waals surface area contributed by atoms with Gasteiger partial charge in [0.2, 0.25) is 5.76 Å². The van der Waals surface area contributed by atoms with Crippen molar-refractivity contribution in [2.24, 2.45) is 0 Å². The fourth-order valence-electron chi connectivity index (χ4n) is 2.72. The van der Waals surface area contributed by atoms with Crippen LogP contribution in [0.5, 0.6) is 0 Å². The van der Waals surface area contributed by atoms with E-state index in [0.29, 0.717) is 24.5 Å². The highest BCUT2D eigenvalue weighted by molar-refractivity contribution is 5.91. The van der Waals surface area contributed by atoms with Crippen LogP contribution in [0.15, 0.2) is 23.0 Å². The normalized spacial score (nSPS) is 19.9. The zero-order valence-corrected chi connectivity index (χ0v) is 12.2. The second-order valence-corrected chi connectivity index (χ2v) is 5.20. The first-order valence-electron chi connectivity index (χ1n) is 7.15. The first-order valence-corrected chi connectivity index (χ1v) is 7.15. The minimum atomic E-state index is -0.108. The van der Waals surface area contributed by atoms with E-state index in [2.05, 4.69) is 26.9 Å². The summed E-state index contributed by atoms with van der Waals surface area (Å²) in [6, 6.07) is 1.77. The van der Waals surface area contributed by atoms with Crippen molar-refractivity contribution in [3.63, 3.8) is 0 Å². The van der Waals surface area contributed by atoms with Crippen LogP contribution < -0.4 is 0 Å². The molecule has 3 heterocycles.